The number of fused-ring (bicyclic) bond motifs is 1. The Labute approximate surface area is 169 Å². The molecule has 0 saturated carbocycles. The maximum Gasteiger partial charge on any atom is 0.261 e. The molecule has 2 aliphatic rings. The average molecular weight is 393 g/mol. The van der Waals surface area contributed by atoms with Crippen molar-refractivity contribution in [3.05, 3.63) is 59.7 Å². The smallest absolute Gasteiger partial charge is 0.261 e. The van der Waals surface area contributed by atoms with Crippen LogP contribution in [-0.2, 0) is 4.79 Å². The van der Waals surface area contributed by atoms with Gasteiger partial charge in [-0.15, -0.1) is 0 Å². The van der Waals surface area contributed by atoms with Gasteiger partial charge in [-0.1, -0.05) is 12.1 Å². The summed E-state index contributed by atoms with van der Waals surface area (Å²) in [4.78, 5) is 42.5. The summed E-state index contributed by atoms with van der Waals surface area (Å²) in [5.41, 5.74) is 1.91. The standard InChI is InChI=1S/C22H23N3O4/c26-17-9-7-16(8-10-17)23-12-14-24(15-13-23)20(27)6-3-11-25-21(28)18-4-1-2-5-19(18)22(25)29/h1-2,4-5,7-10,26H,3,6,11-15H2. The first-order valence-corrected chi connectivity index (χ1v) is 9.81. The molecule has 7 nitrogen and oxygen atoms in total. The molecule has 29 heavy (non-hydrogen) atoms. The normalized spacial score (nSPS) is 16.3. The zero-order valence-corrected chi connectivity index (χ0v) is 16.1. The van der Waals surface area contributed by atoms with Crippen molar-refractivity contribution in [2.75, 3.05) is 37.6 Å². The van der Waals surface area contributed by atoms with E-state index in [1.165, 1.54) is 4.90 Å². The third kappa shape index (κ3) is 3.81. The van der Waals surface area contributed by atoms with Crippen molar-refractivity contribution in [3.8, 4) is 5.75 Å². The summed E-state index contributed by atoms with van der Waals surface area (Å²) < 4.78 is 0. The molecule has 7 heteroatoms. The van der Waals surface area contributed by atoms with Gasteiger partial charge in [-0.3, -0.25) is 19.3 Å². The van der Waals surface area contributed by atoms with E-state index < -0.39 is 0 Å². The van der Waals surface area contributed by atoms with Gasteiger partial charge < -0.3 is 14.9 Å². The van der Waals surface area contributed by atoms with Gasteiger partial charge in [0.2, 0.25) is 5.91 Å². The zero-order chi connectivity index (χ0) is 20.4. The Balaban J connectivity index is 1.24. The minimum Gasteiger partial charge on any atom is -0.508 e. The van der Waals surface area contributed by atoms with E-state index in [4.69, 9.17) is 0 Å². The number of phenolic OH excluding ortho intramolecular Hbond substituents is 1. The van der Waals surface area contributed by atoms with E-state index in [9.17, 15) is 19.5 Å². The number of imide groups is 1. The summed E-state index contributed by atoms with van der Waals surface area (Å²) in [6, 6.07) is 13.9. The van der Waals surface area contributed by atoms with Crippen LogP contribution in [0.4, 0.5) is 5.69 Å². The van der Waals surface area contributed by atoms with E-state index in [0.717, 1.165) is 18.8 Å². The molecule has 1 saturated heterocycles. The van der Waals surface area contributed by atoms with Crippen molar-refractivity contribution < 1.29 is 19.5 Å². The first-order valence-electron chi connectivity index (χ1n) is 9.81. The summed E-state index contributed by atoms with van der Waals surface area (Å²) in [5.74, 6) is -0.270. The number of benzene rings is 2. The van der Waals surface area contributed by atoms with Crippen molar-refractivity contribution in [2.45, 2.75) is 12.8 Å². The highest BCUT2D eigenvalue weighted by atomic mass is 16.3. The predicted molar refractivity (Wildman–Crippen MR) is 108 cm³/mol. The molecule has 3 amide bonds. The average Bonchev–Trinajstić information content (AvgIpc) is 2.99. The highest BCUT2D eigenvalue weighted by molar-refractivity contribution is 6.21. The van der Waals surface area contributed by atoms with E-state index in [2.05, 4.69) is 4.90 Å². The van der Waals surface area contributed by atoms with Crippen molar-refractivity contribution >= 4 is 23.4 Å². The third-order valence-corrected chi connectivity index (χ3v) is 5.50. The summed E-state index contributed by atoms with van der Waals surface area (Å²) in [7, 11) is 0. The van der Waals surface area contributed by atoms with Gasteiger partial charge >= 0.3 is 0 Å². The predicted octanol–water partition coefficient (Wildman–Crippen LogP) is 2.12. The molecule has 0 atom stereocenters. The number of aromatic hydroxyl groups is 1. The molecular weight excluding hydrogens is 370 g/mol. The van der Waals surface area contributed by atoms with Crippen LogP contribution in [0.2, 0.25) is 0 Å². The van der Waals surface area contributed by atoms with Crippen LogP contribution in [0.15, 0.2) is 48.5 Å². The molecule has 0 unspecified atom stereocenters. The van der Waals surface area contributed by atoms with E-state index in [0.29, 0.717) is 37.1 Å². The lowest BCUT2D eigenvalue weighted by Gasteiger charge is -2.36. The fourth-order valence-electron chi connectivity index (χ4n) is 3.87. The summed E-state index contributed by atoms with van der Waals surface area (Å²) in [5, 5.41) is 9.40. The number of hydrogen-bond acceptors (Lipinski definition) is 5. The van der Waals surface area contributed by atoms with Crippen LogP contribution in [0.25, 0.3) is 0 Å². The Hall–Kier alpha value is -3.35. The van der Waals surface area contributed by atoms with Crippen molar-refractivity contribution in [3.63, 3.8) is 0 Å². The van der Waals surface area contributed by atoms with E-state index in [-0.39, 0.29) is 30.0 Å². The second-order valence-corrected chi connectivity index (χ2v) is 7.30. The minimum absolute atomic E-state index is 0.0481. The lowest BCUT2D eigenvalue weighted by molar-refractivity contribution is -0.131. The van der Waals surface area contributed by atoms with Gasteiger partial charge in [-0.05, 0) is 42.8 Å². The zero-order valence-electron chi connectivity index (χ0n) is 16.1. The molecular formula is C22H23N3O4. The van der Waals surface area contributed by atoms with Crippen LogP contribution in [0.1, 0.15) is 33.6 Å². The van der Waals surface area contributed by atoms with Crippen LogP contribution in [-0.4, -0.2) is 65.4 Å². The molecule has 150 valence electrons. The SMILES string of the molecule is O=C(CCCN1C(=O)c2ccccc2C1=O)N1CCN(c2ccc(O)cc2)CC1. The molecule has 2 aliphatic heterocycles. The first-order chi connectivity index (χ1) is 14.0. The summed E-state index contributed by atoms with van der Waals surface area (Å²) in [6.07, 6.45) is 0.773. The molecule has 0 spiro atoms. The summed E-state index contributed by atoms with van der Waals surface area (Å²) in [6.45, 7) is 2.98. The molecule has 0 radical (unpaired) electrons. The van der Waals surface area contributed by atoms with Gasteiger partial charge in [0.25, 0.3) is 11.8 Å². The molecule has 0 bridgehead atoms. The molecule has 1 N–H and O–H groups in total. The quantitative estimate of drug-likeness (QED) is 0.787. The van der Waals surface area contributed by atoms with Crippen LogP contribution in [0, 0.1) is 0 Å². The van der Waals surface area contributed by atoms with Crippen LogP contribution >= 0.6 is 0 Å². The maximum atomic E-state index is 12.5. The van der Waals surface area contributed by atoms with Gasteiger partial charge in [0.15, 0.2) is 0 Å². The fourth-order valence-corrected chi connectivity index (χ4v) is 3.87. The van der Waals surface area contributed by atoms with E-state index >= 15 is 0 Å². The molecule has 2 aromatic carbocycles. The van der Waals surface area contributed by atoms with E-state index in [1.54, 1.807) is 36.4 Å². The van der Waals surface area contributed by atoms with Gasteiger partial charge in [0.1, 0.15) is 5.75 Å². The molecule has 2 aromatic rings. The first kappa shape index (κ1) is 19.0. The maximum absolute atomic E-state index is 12.5. The topological polar surface area (TPSA) is 81.2 Å². The Kier molecular flexibility index (Phi) is 5.20. The second kappa shape index (κ2) is 7.95. The molecule has 2 heterocycles. The molecule has 0 aromatic heterocycles. The number of phenols is 1. The van der Waals surface area contributed by atoms with Crippen molar-refractivity contribution in [1.29, 1.82) is 0 Å². The number of piperazine rings is 1. The third-order valence-electron chi connectivity index (χ3n) is 5.50. The van der Waals surface area contributed by atoms with E-state index in [1.807, 2.05) is 17.0 Å². The van der Waals surface area contributed by atoms with Crippen LogP contribution < -0.4 is 4.90 Å². The van der Waals surface area contributed by atoms with Crippen LogP contribution in [0.5, 0.6) is 5.75 Å². The van der Waals surface area contributed by atoms with Crippen LogP contribution in [0.3, 0.4) is 0 Å². The highest BCUT2D eigenvalue weighted by Gasteiger charge is 2.34. The lowest BCUT2D eigenvalue weighted by Crippen LogP contribution is -2.48. The van der Waals surface area contributed by atoms with Crippen molar-refractivity contribution in [1.82, 2.24) is 9.80 Å². The Morgan fingerprint density at radius 2 is 1.45 bits per heavy atom. The van der Waals surface area contributed by atoms with Gasteiger partial charge in [0.05, 0.1) is 11.1 Å². The molecule has 4 rings (SSSR count). The monoisotopic (exact) mass is 393 g/mol. The van der Waals surface area contributed by atoms with Crippen molar-refractivity contribution in [2.24, 2.45) is 0 Å². The molecule has 0 aliphatic carbocycles. The lowest BCUT2D eigenvalue weighted by atomic mass is 10.1. The number of carbonyl (C=O) groups excluding carboxylic acids is 3. The highest BCUT2D eigenvalue weighted by Crippen LogP contribution is 2.23. The number of amides is 3. The number of rotatable bonds is 5. The Bertz CT molecular complexity index is 898. The number of anilines is 1. The van der Waals surface area contributed by atoms with Gasteiger partial charge in [-0.25, -0.2) is 0 Å². The Morgan fingerprint density at radius 1 is 0.862 bits per heavy atom. The van der Waals surface area contributed by atoms with Gasteiger partial charge in [-0.2, -0.15) is 0 Å². The second-order valence-electron chi connectivity index (χ2n) is 7.30. The summed E-state index contributed by atoms with van der Waals surface area (Å²) >= 11 is 0. The van der Waals surface area contributed by atoms with Gasteiger partial charge in [0, 0.05) is 44.8 Å². The fraction of sp³-hybridized carbons (Fsp3) is 0.318. The minimum atomic E-state index is -0.277. The number of carbonyl (C=O) groups is 3. The molecule has 1 fully saturated rings. The number of hydrogen-bond donors (Lipinski definition) is 1. The Morgan fingerprint density at radius 3 is 2.03 bits per heavy atom. The number of nitrogens with zero attached hydrogens (tertiary/aromatic N) is 3. The largest absolute Gasteiger partial charge is 0.508 e.